The zero-order valence-electron chi connectivity index (χ0n) is 13.6. The fourth-order valence-corrected chi connectivity index (χ4v) is 3.24. The summed E-state index contributed by atoms with van der Waals surface area (Å²) in [6.45, 7) is 3.94. The van der Waals surface area contributed by atoms with Crippen molar-refractivity contribution in [3.05, 3.63) is 36.4 Å². The Balaban J connectivity index is 1.38. The predicted octanol–water partition coefficient (Wildman–Crippen LogP) is 2.14. The molecule has 24 heavy (non-hydrogen) atoms. The number of hydrogen-bond donors (Lipinski definition) is 0. The number of fused-ring (bicyclic) bond motifs is 1. The summed E-state index contributed by atoms with van der Waals surface area (Å²) < 4.78 is 11.3. The number of carbonyl (C=O) groups excluding carboxylic acids is 1. The molecule has 1 atom stereocenters. The van der Waals surface area contributed by atoms with Crippen LogP contribution in [0.3, 0.4) is 0 Å². The molecule has 3 heterocycles. The molecule has 4 rings (SSSR count). The van der Waals surface area contributed by atoms with Gasteiger partial charge < -0.3 is 19.3 Å². The standard InChI is InChI=1S/C18H21N3O3/c22-18(20-9-11-23-12-10-20)21-8-7-15(13-21)24-17-6-5-14-3-1-2-4-16(14)19-17/h1-6,15H,7-13H2. The average Bonchev–Trinajstić information content (AvgIpc) is 3.10. The molecule has 0 bridgehead atoms. The van der Waals surface area contributed by atoms with Gasteiger partial charge in [-0.2, -0.15) is 0 Å². The maximum Gasteiger partial charge on any atom is 0.320 e. The van der Waals surface area contributed by atoms with Crippen molar-refractivity contribution in [2.24, 2.45) is 0 Å². The molecule has 0 aliphatic carbocycles. The minimum atomic E-state index is 0.00338. The average molecular weight is 327 g/mol. The molecule has 2 amide bonds. The second-order valence-corrected chi connectivity index (χ2v) is 6.20. The third-order valence-corrected chi connectivity index (χ3v) is 4.56. The van der Waals surface area contributed by atoms with Crippen molar-refractivity contribution in [1.29, 1.82) is 0 Å². The summed E-state index contributed by atoms with van der Waals surface area (Å²) in [6, 6.07) is 12.0. The topological polar surface area (TPSA) is 54.9 Å². The van der Waals surface area contributed by atoms with Crippen LogP contribution in [-0.4, -0.2) is 66.3 Å². The van der Waals surface area contributed by atoms with E-state index in [0.29, 0.717) is 38.7 Å². The number of hydrogen-bond acceptors (Lipinski definition) is 4. The molecule has 2 fully saturated rings. The lowest BCUT2D eigenvalue weighted by molar-refractivity contribution is 0.0443. The third-order valence-electron chi connectivity index (χ3n) is 4.56. The van der Waals surface area contributed by atoms with Crippen molar-refractivity contribution in [3.8, 4) is 5.88 Å². The summed E-state index contributed by atoms with van der Waals surface area (Å²) in [5.41, 5.74) is 0.925. The lowest BCUT2D eigenvalue weighted by Gasteiger charge is -2.30. The molecule has 1 aromatic carbocycles. The van der Waals surface area contributed by atoms with Gasteiger partial charge in [-0.25, -0.2) is 9.78 Å². The van der Waals surface area contributed by atoms with Gasteiger partial charge >= 0.3 is 6.03 Å². The Kier molecular flexibility index (Phi) is 4.21. The summed E-state index contributed by atoms with van der Waals surface area (Å²) in [7, 11) is 0. The number of para-hydroxylation sites is 1. The predicted molar refractivity (Wildman–Crippen MR) is 90.1 cm³/mol. The maximum absolute atomic E-state index is 12.5. The number of pyridine rings is 1. The number of carbonyl (C=O) groups is 1. The Morgan fingerprint density at radius 2 is 1.92 bits per heavy atom. The Labute approximate surface area is 141 Å². The van der Waals surface area contributed by atoms with Gasteiger partial charge in [0.25, 0.3) is 0 Å². The molecule has 0 spiro atoms. The van der Waals surface area contributed by atoms with E-state index in [1.807, 2.05) is 46.2 Å². The normalized spacial score (nSPS) is 21.2. The van der Waals surface area contributed by atoms with E-state index in [1.54, 1.807) is 0 Å². The van der Waals surface area contributed by atoms with Crippen molar-refractivity contribution in [1.82, 2.24) is 14.8 Å². The second kappa shape index (κ2) is 6.65. The van der Waals surface area contributed by atoms with E-state index >= 15 is 0 Å². The fraction of sp³-hybridized carbons (Fsp3) is 0.444. The highest BCUT2D eigenvalue weighted by Crippen LogP contribution is 2.21. The Bertz CT molecular complexity index is 730. The van der Waals surface area contributed by atoms with Gasteiger partial charge in [0.1, 0.15) is 6.10 Å². The molecular formula is C18H21N3O3. The van der Waals surface area contributed by atoms with Crippen molar-refractivity contribution < 1.29 is 14.3 Å². The summed E-state index contributed by atoms with van der Waals surface area (Å²) in [5, 5.41) is 1.10. The van der Waals surface area contributed by atoms with Crippen LogP contribution in [0.5, 0.6) is 5.88 Å². The van der Waals surface area contributed by atoms with Crippen LogP contribution in [0.1, 0.15) is 6.42 Å². The smallest absolute Gasteiger partial charge is 0.320 e. The number of urea groups is 1. The number of aromatic nitrogens is 1. The Morgan fingerprint density at radius 1 is 1.08 bits per heavy atom. The molecule has 6 nitrogen and oxygen atoms in total. The van der Waals surface area contributed by atoms with Crippen molar-refractivity contribution in [2.45, 2.75) is 12.5 Å². The highest BCUT2D eigenvalue weighted by atomic mass is 16.5. The van der Waals surface area contributed by atoms with Gasteiger partial charge in [0.15, 0.2) is 0 Å². The molecule has 2 aliphatic rings. The maximum atomic E-state index is 12.5. The van der Waals surface area contributed by atoms with Crippen molar-refractivity contribution in [3.63, 3.8) is 0 Å². The first-order chi connectivity index (χ1) is 11.8. The van der Waals surface area contributed by atoms with Crippen LogP contribution in [0, 0.1) is 0 Å². The molecule has 2 aliphatic heterocycles. The molecule has 0 radical (unpaired) electrons. The molecule has 1 aromatic heterocycles. The summed E-state index contributed by atoms with van der Waals surface area (Å²) in [5.74, 6) is 0.624. The lowest BCUT2D eigenvalue weighted by Crippen LogP contribution is -2.47. The minimum Gasteiger partial charge on any atom is -0.472 e. The largest absolute Gasteiger partial charge is 0.472 e. The van der Waals surface area contributed by atoms with Crippen molar-refractivity contribution in [2.75, 3.05) is 39.4 Å². The Morgan fingerprint density at radius 3 is 2.79 bits per heavy atom. The van der Waals surface area contributed by atoms with Gasteiger partial charge in [0.2, 0.25) is 5.88 Å². The molecule has 0 N–H and O–H groups in total. The van der Waals surface area contributed by atoms with E-state index in [2.05, 4.69) is 4.98 Å². The number of likely N-dealkylation sites (tertiary alicyclic amines) is 1. The van der Waals surface area contributed by atoms with Gasteiger partial charge in [0, 0.05) is 37.5 Å². The van der Waals surface area contributed by atoms with Crippen LogP contribution >= 0.6 is 0 Å². The van der Waals surface area contributed by atoms with Crippen LogP contribution < -0.4 is 4.74 Å². The lowest BCUT2D eigenvalue weighted by atomic mass is 10.2. The van der Waals surface area contributed by atoms with Crippen LogP contribution in [0.25, 0.3) is 10.9 Å². The van der Waals surface area contributed by atoms with E-state index in [1.165, 1.54) is 0 Å². The SMILES string of the molecule is O=C(N1CCOCC1)N1CCC(Oc2ccc3ccccc3n2)C1. The molecule has 126 valence electrons. The van der Waals surface area contributed by atoms with Crippen LogP contribution in [0.15, 0.2) is 36.4 Å². The second-order valence-electron chi connectivity index (χ2n) is 6.20. The summed E-state index contributed by atoms with van der Waals surface area (Å²) in [4.78, 5) is 20.8. The zero-order chi connectivity index (χ0) is 16.4. The van der Waals surface area contributed by atoms with Gasteiger partial charge in [-0.3, -0.25) is 0 Å². The molecule has 2 saturated heterocycles. The van der Waals surface area contributed by atoms with Gasteiger partial charge in [0.05, 0.1) is 25.3 Å². The summed E-state index contributed by atoms with van der Waals surface area (Å²) >= 11 is 0. The van der Waals surface area contributed by atoms with Gasteiger partial charge in [-0.15, -0.1) is 0 Å². The zero-order valence-corrected chi connectivity index (χ0v) is 13.6. The number of nitrogens with zero attached hydrogens (tertiary/aromatic N) is 3. The van der Waals surface area contributed by atoms with E-state index in [0.717, 1.165) is 23.9 Å². The Hall–Kier alpha value is -2.34. The molecule has 2 aromatic rings. The number of benzene rings is 1. The van der Waals surface area contributed by atoms with Gasteiger partial charge in [-0.05, 0) is 12.1 Å². The molecule has 1 unspecified atom stereocenters. The molecule has 6 heteroatoms. The van der Waals surface area contributed by atoms with Crippen LogP contribution in [-0.2, 0) is 4.74 Å². The van der Waals surface area contributed by atoms with E-state index in [4.69, 9.17) is 9.47 Å². The fourth-order valence-electron chi connectivity index (χ4n) is 3.24. The molecular weight excluding hydrogens is 306 g/mol. The number of ether oxygens (including phenoxy) is 2. The van der Waals surface area contributed by atoms with Crippen LogP contribution in [0.2, 0.25) is 0 Å². The monoisotopic (exact) mass is 327 g/mol. The quantitative estimate of drug-likeness (QED) is 0.848. The van der Waals surface area contributed by atoms with Crippen LogP contribution in [0.4, 0.5) is 4.79 Å². The van der Waals surface area contributed by atoms with Crippen molar-refractivity contribution >= 4 is 16.9 Å². The van der Waals surface area contributed by atoms with E-state index in [9.17, 15) is 4.79 Å². The van der Waals surface area contributed by atoms with E-state index in [-0.39, 0.29) is 12.1 Å². The number of rotatable bonds is 2. The highest BCUT2D eigenvalue weighted by Gasteiger charge is 2.31. The minimum absolute atomic E-state index is 0.00338. The first-order valence-electron chi connectivity index (χ1n) is 8.44. The number of morpholine rings is 1. The van der Waals surface area contributed by atoms with E-state index < -0.39 is 0 Å². The first-order valence-corrected chi connectivity index (χ1v) is 8.44. The van der Waals surface area contributed by atoms with Gasteiger partial charge in [-0.1, -0.05) is 18.2 Å². The third kappa shape index (κ3) is 3.14. The summed E-state index contributed by atoms with van der Waals surface area (Å²) in [6.07, 6.45) is 0.841. The molecule has 0 saturated carbocycles. The highest BCUT2D eigenvalue weighted by molar-refractivity contribution is 5.78. The number of amides is 2. The first kappa shape index (κ1) is 15.2.